The second-order valence-corrected chi connectivity index (χ2v) is 11.8. The van der Waals surface area contributed by atoms with Crippen LogP contribution in [0.1, 0.15) is 65.2 Å². The van der Waals surface area contributed by atoms with Crippen LogP contribution in [0.4, 0.5) is 0 Å². The van der Waals surface area contributed by atoms with Crippen molar-refractivity contribution in [1.82, 2.24) is 0 Å². The maximum Gasteiger partial charge on any atom is 0.358 e. The van der Waals surface area contributed by atoms with Gasteiger partial charge in [-0.05, 0) is 74.2 Å². The molecule has 0 saturated heterocycles. The Bertz CT molecular complexity index is 697. The third kappa shape index (κ3) is 3.16. The second kappa shape index (κ2) is 6.64. The lowest BCUT2D eigenvalue weighted by Crippen LogP contribution is -2.52. The smallest absolute Gasteiger partial charge is 0.358 e. The first-order valence-electron chi connectivity index (χ1n) is 10.1. The van der Waals surface area contributed by atoms with Crippen LogP contribution in [-0.4, -0.2) is 21.6 Å². The number of rotatable bonds is 1. The van der Waals surface area contributed by atoms with Crippen molar-refractivity contribution in [3.63, 3.8) is 0 Å². The van der Waals surface area contributed by atoms with Crippen LogP contribution >= 0.6 is 34.8 Å². The van der Waals surface area contributed by atoms with Gasteiger partial charge in [0.1, 0.15) is 6.10 Å². The van der Waals surface area contributed by atoms with Gasteiger partial charge >= 0.3 is 5.97 Å². The average molecular weight is 434 g/mol. The SMILES string of the molecule is C[C@]12CCC(=O)C=C1CC[C@@H]1[C@H]2CC[C@]2(C)C(OC(=O)C(Cl)(Cl)Cl)CC[C@@H]12. The van der Waals surface area contributed by atoms with E-state index in [1.165, 1.54) is 5.57 Å². The Morgan fingerprint density at radius 3 is 2.52 bits per heavy atom. The zero-order chi connectivity index (χ0) is 19.6. The lowest BCUT2D eigenvalue weighted by Gasteiger charge is -2.57. The molecule has 0 aromatic heterocycles. The zero-order valence-electron chi connectivity index (χ0n) is 15.9. The van der Waals surface area contributed by atoms with Crippen molar-refractivity contribution in [2.75, 3.05) is 0 Å². The summed E-state index contributed by atoms with van der Waals surface area (Å²) < 4.78 is 3.67. The van der Waals surface area contributed by atoms with Crippen LogP contribution in [0.15, 0.2) is 11.6 Å². The number of carbonyl (C=O) groups excluding carboxylic acids is 2. The summed E-state index contributed by atoms with van der Waals surface area (Å²) in [6.07, 6.45) is 9.60. The second-order valence-electron chi connectivity index (χ2n) is 9.48. The molecule has 3 nitrogen and oxygen atoms in total. The highest BCUT2D eigenvalue weighted by Gasteiger charge is 2.60. The van der Waals surface area contributed by atoms with E-state index in [1.807, 2.05) is 6.08 Å². The zero-order valence-corrected chi connectivity index (χ0v) is 18.2. The Balaban J connectivity index is 1.57. The van der Waals surface area contributed by atoms with Gasteiger partial charge in [0.2, 0.25) is 0 Å². The monoisotopic (exact) mass is 432 g/mol. The minimum Gasteiger partial charge on any atom is -0.459 e. The van der Waals surface area contributed by atoms with Gasteiger partial charge in [-0.15, -0.1) is 0 Å². The third-order valence-electron chi connectivity index (χ3n) is 8.36. The number of ketones is 1. The molecule has 0 bridgehead atoms. The normalized spacial score (nSPS) is 44.0. The first-order valence-corrected chi connectivity index (χ1v) is 11.2. The first-order chi connectivity index (χ1) is 12.6. The van der Waals surface area contributed by atoms with Gasteiger partial charge in [0.15, 0.2) is 5.78 Å². The quantitative estimate of drug-likeness (QED) is 0.387. The first kappa shape index (κ1) is 20.0. The van der Waals surface area contributed by atoms with Crippen LogP contribution in [0.25, 0.3) is 0 Å². The Hall–Kier alpha value is -0.250. The van der Waals surface area contributed by atoms with Gasteiger partial charge in [-0.2, -0.15) is 0 Å². The molecule has 0 spiro atoms. The molecule has 0 amide bonds. The fourth-order valence-corrected chi connectivity index (χ4v) is 7.03. The summed E-state index contributed by atoms with van der Waals surface area (Å²) in [6.45, 7) is 4.63. The molecule has 6 heteroatoms. The van der Waals surface area contributed by atoms with E-state index in [2.05, 4.69) is 13.8 Å². The van der Waals surface area contributed by atoms with E-state index in [0.29, 0.717) is 30.0 Å². The van der Waals surface area contributed by atoms with Crippen molar-refractivity contribution in [1.29, 1.82) is 0 Å². The molecule has 0 aromatic carbocycles. The molecule has 3 fully saturated rings. The average Bonchev–Trinajstić information content (AvgIpc) is 2.91. The minimum atomic E-state index is -2.02. The van der Waals surface area contributed by atoms with Crippen molar-refractivity contribution in [2.24, 2.45) is 28.6 Å². The fourth-order valence-electron chi connectivity index (χ4n) is 6.90. The van der Waals surface area contributed by atoms with Gasteiger partial charge in [-0.3, -0.25) is 4.79 Å². The van der Waals surface area contributed by atoms with Crippen molar-refractivity contribution < 1.29 is 14.3 Å². The molecule has 0 N–H and O–H groups in total. The molecule has 1 unspecified atom stereocenters. The lowest BCUT2D eigenvalue weighted by molar-refractivity contribution is -0.158. The van der Waals surface area contributed by atoms with Crippen LogP contribution in [-0.2, 0) is 14.3 Å². The van der Waals surface area contributed by atoms with Crippen molar-refractivity contribution >= 4 is 46.6 Å². The molecule has 27 heavy (non-hydrogen) atoms. The van der Waals surface area contributed by atoms with E-state index in [-0.39, 0.29) is 16.9 Å². The van der Waals surface area contributed by atoms with Crippen molar-refractivity contribution in [3.05, 3.63) is 11.6 Å². The molecule has 6 atom stereocenters. The number of halogens is 3. The summed E-state index contributed by atoms with van der Waals surface area (Å²) in [7, 11) is 0. The molecule has 0 heterocycles. The Morgan fingerprint density at radius 1 is 1.07 bits per heavy atom. The number of allylic oxidation sites excluding steroid dienone is 1. The van der Waals surface area contributed by atoms with Gasteiger partial charge in [0.25, 0.3) is 3.79 Å². The number of hydrogen-bond acceptors (Lipinski definition) is 3. The number of ether oxygens (including phenoxy) is 1. The molecule has 0 aromatic rings. The summed E-state index contributed by atoms with van der Waals surface area (Å²) in [4.78, 5) is 24.1. The van der Waals surface area contributed by atoms with E-state index in [4.69, 9.17) is 39.5 Å². The van der Waals surface area contributed by atoms with E-state index in [0.717, 1.165) is 44.9 Å². The highest BCUT2D eigenvalue weighted by molar-refractivity contribution is 6.75. The van der Waals surface area contributed by atoms with Gasteiger partial charge in [0.05, 0.1) is 0 Å². The van der Waals surface area contributed by atoms with Gasteiger partial charge < -0.3 is 4.74 Å². The Morgan fingerprint density at radius 2 is 1.81 bits per heavy atom. The predicted molar refractivity (Wildman–Crippen MR) is 107 cm³/mol. The standard InChI is InChI=1S/C21H27Cl3O3/c1-19-9-7-13(25)11-12(19)3-4-14-15-5-6-17(27-18(26)21(22,23)24)20(15,2)10-8-16(14)19/h11,14-17H,3-10H2,1-2H3/t14-,15-,16+,17?,19-,20-/m0/s1. The van der Waals surface area contributed by atoms with Crippen LogP contribution in [0.2, 0.25) is 0 Å². The third-order valence-corrected chi connectivity index (χ3v) is 8.82. The predicted octanol–water partition coefficient (Wildman–Crippen LogP) is 5.80. The Kier molecular flexibility index (Phi) is 4.93. The number of carbonyl (C=O) groups is 2. The molecule has 0 aliphatic heterocycles. The van der Waals surface area contributed by atoms with Crippen LogP contribution in [0, 0.1) is 28.6 Å². The summed E-state index contributed by atoms with van der Waals surface area (Å²) in [6, 6.07) is 0. The molecular weight excluding hydrogens is 407 g/mol. The highest BCUT2D eigenvalue weighted by atomic mass is 35.6. The lowest BCUT2D eigenvalue weighted by atomic mass is 9.47. The highest BCUT2D eigenvalue weighted by Crippen LogP contribution is 2.65. The van der Waals surface area contributed by atoms with Crippen LogP contribution < -0.4 is 0 Å². The molecule has 4 rings (SSSR count). The number of esters is 1. The van der Waals surface area contributed by atoms with Crippen molar-refractivity contribution in [2.45, 2.75) is 75.1 Å². The van der Waals surface area contributed by atoms with Gasteiger partial charge in [-0.25, -0.2) is 4.79 Å². The van der Waals surface area contributed by atoms with Crippen LogP contribution in [0.5, 0.6) is 0 Å². The van der Waals surface area contributed by atoms with Gasteiger partial charge in [0, 0.05) is 11.8 Å². The topological polar surface area (TPSA) is 43.4 Å². The molecule has 3 saturated carbocycles. The van der Waals surface area contributed by atoms with Crippen molar-refractivity contribution in [3.8, 4) is 0 Å². The number of hydrogen-bond donors (Lipinski definition) is 0. The summed E-state index contributed by atoms with van der Waals surface area (Å²) in [5.41, 5.74) is 1.49. The molecular formula is C21H27Cl3O3. The molecule has 4 aliphatic carbocycles. The summed E-state index contributed by atoms with van der Waals surface area (Å²) >= 11 is 17.2. The molecule has 4 aliphatic rings. The fraction of sp³-hybridized carbons (Fsp3) is 0.810. The van der Waals surface area contributed by atoms with E-state index in [9.17, 15) is 9.59 Å². The Labute approximate surface area is 176 Å². The van der Waals surface area contributed by atoms with E-state index < -0.39 is 9.76 Å². The van der Waals surface area contributed by atoms with E-state index in [1.54, 1.807) is 0 Å². The van der Waals surface area contributed by atoms with Crippen LogP contribution in [0.3, 0.4) is 0 Å². The number of fused-ring (bicyclic) bond motifs is 5. The summed E-state index contributed by atoms with van der Waals surface area (Å²) in [5, 5.41) is 0. The maximum atomic E-state index is 12.1. The maximum absolute atomic E-state index is 12.1. The van der Waals surface area contributed by atoms with Gasteiger partial charge in [-0.1, -0.05) is 54.2 Å². The minimum absolute atomic E-state index is 0.0468. The van der Waals surface area contributed by atoms with E-state index >= 15 is 0 Å². The number of alkyl halides is 3. The molecule has 150 valence electrons. The molecule has 0 radical (unpaired) electrons. The summed E-state index contributed by atoms with van der Waals surface area (Å²) in [5.74, 6) is 1.30. The largest absolute Gasteiger partial charge is 0.459 e.